The molecule has 0 radical (unpaired) electrons. The summed E-state index contributed by atoms with van der Waals surface area (Å²) in [5.41, 5.74) is -2.65. The Kier molecular flexibility index (Phi) is 8.34. The van der Waals surface area contributed by atoms with Gasteiger partial charge in [-0.1, -0.05) is 12.1 Å². The molecule has 2 aromatic rings. The molecular weight excluding hydrogens is 513 g/mol. The molecule has 0 spiro atoms. The van der Waals surface area contributed by atoms with Gasteiger partial charge in [0.1, 0.15) is 5.60 Å². The van der Waals surface area contributed by atoms with Gasteiger partial charge in [-0.05, 0) is 76.3 Å². The maximum Gasteiger partial charge on any atom is 0.416 e. The van der Waals surface area contributed by atoms with Gasteiger partial charge < -0.3 is 25.7 Å². The maximum atomic E-state index is 13.1. The number of alkyl halides is 3. The van der Waals surface area contributed by atoms with Crippen LogP contribution < -0.4 is 10.6 Å². The summed E-state index contributed by atoms with van der Waals surface area (Å²) in [7, 11) is 0. The first-order valence-electron chi connectivity index (χ1n) is 13.1. The van der Waals surface area contributed by atoms with Crippen LogP contribution in [0, 0.1) is 0 Å². The molecule has 2 heterocycles. The number of likely N-dealkylation sites (tertiary alicyclic amines) is 1. The number of carbonyl (C=O) groups is 2. The lowest BCUT2D eigenvalue weighted by atomic mass is 9.79. The van der Waals surface area contributed by atoms with Gasteiger partial charge >= 0.3 is 6.18 Å². The molecule has 8 nitrogen and oxygen atoms in total. The molecule has 1 aromatic heterocycles. The molecular formula is C28H35F3N4O4. The van der Waals surface area contributed by atoms with Gasteiger partial charge in [-0.15, -0.1) is 0 Å². The van der Waals surface area contributed by atoms with E-state index in [9.17, 15) is 33.0 Å². The van der Waals surface area contributed by atoms with Crippen LogP contribution in [0.4, 0.5) is 13.2 Å². The molecule has 1 aromatic carbocycles. The molecule has 1 aliphatic heterocycles. The average molecular weight is 549 g/mol. The summed E-state index contributed by atoms with van der Waals surface area (Å²) in [6.07, 6.45) is 0.119. The second-order valence-electron chi connectivity index (χ2n) is 11.1. The third-order valence-electron chi connectivity index (χ3n) is 7.71. The van der Waals surface area contributed by atoms with Crippen molar-refractivity contribution >= 4 is 11.8 Å². The van der Waals surface area contributed by atoms with Crippen LogP contribution in [0.1, 0.15) is 67.6 Å². The zero-order valence-corrected chi connectivity index (χ0v) is 22.0. The monoisotopic (exact) mass is 548 g/mol. The van der Waals surface area contributed by atoms with E-state index < -0.39 is 47.3 Å². The molecule has 2 atom stereocenters. The Hall–Kier alpha value is -3.02. The van der Waals surface area contributed by atoms with Crippen LogP contribution in [0.2, 0.25) is 0 Å². The van der Waals surface area contributed by atoms with Crippen LogP contribution in [0.25, 0.3) is 0 Å². The summed E-state index contributed by atoms with van der Waals surface area (Å²) in [5, 5.41) is 27.8. The van der Waals surface area contributed by atoms with E-state index in [0.29, 0.717) is 31.5 Å². The van der Waals surface area contributed by atoms with Gasteiger partial charge in [0.25, 0.3) is 5.91 Å². The number of hydrogen-bond acceptors (Lipinski definition) is 6. The van der Waals surface area contributed by atoms with Crippen LogP contribution in [0.15, 0.2) is 48.7 Å². The van der Waals surface area contributed by atoms with Crippen molar-refractivity contribution in [3.63, 3.8) is 0 Å². The van der Waals surface area contributed by atoms with E-state index in [0.717, 1.165) is 31.0 Å². The molecule has 1 aliphatic carbocycles. The molecule has 2 amide bonds. The fourth-order valence-electron chi connectivity index (χ4n) is 5.59. The predicted octanol–water partition coefficient (Wildman–Crippen LogP) is 2.99. The van der Waals surface area contributed by atoms with Crippen LogP contribution in [0.5, 0.6) is 0 Å². The van der Waals surface area contributed by atoms with Crippen molar-refractivity contribution in [3.8, 4) is 0 Å². The van der Waals surface area contributed by atoms with E-state index in [1.54, 1.807) is 20.0 Å². The number of pyridine rings is 1. The molecule has 2 fully saturated rings. The fourth-order valence-corrected chi connectivity index (χ4v) is 5.59. The summed E-state index contributed by atoms with van der Waals surface area (Å²) in [5.74, 6) is -1.22. The van der Waals surface area contributed by atoms with E-state index in [-0.39, 0.29) is 17.6 Å². The Morgan fingerprint density at radius 2 is 1.82 bits per heavy atom. The van der Waals surface area contributed by atoms with Crippen molar-refractivity contribution in [1.82, 2.24) is 20.5 Å². The van der Waals surface area contributed by atoms with Crippen LogP contribution in [0.3, 0.4) is 0 Å². The zero-order chi connectivity index (χ0) is 28.4. The molecule has 11 heteroatoms. The second-order valence-corrected chi connectivity index (χ2v) is 11.1. The highest BCUT2D eigenvalue weighted by Crippen LogP contribution is 2.37. The largest absolute Gasteiger partial charge is 0.416 e. The first-order chi connectivity index (χ1) is 18.3. The van der Waals surface area contributed by atoms with Crippen molar-refractivity contribution in [1.29, 1.82) is 0 Å². The highest BCUT2D eigenvalue weighted by atomic mass is 19.4. The summed E-state index contributed by atoms with van der Waals surface area (Å²) in [6, 6.07) is 9.01. The molecule has 2 aliphatic rings. The SMILES string of the molecule is CC(C)(O)C1CC(NC2CCC(O)(c3ccccn3)CC2)CN1C(=O)CNC(=O)c1cccc(C(F)(F)F)c1. The summed E-state index contributed by atoms with van der Waals surface area (Å²) < 4.78 is 39.0. The third-order valence-corrected chi connectivity index (χ3v) is 7.71. The first-order valence-corrected chi connectivity index (χ1v) is 13.1. The Labute approximate surface area is 225 Å². The van der Waals surface area contributed by atoms with E-state index in [1.807, 2.05) is 18.2 Å². The number of nitrogens with zero attached hydrogens (tertiary/aromatic N) is 2. The van der Waals surface area contributed by atoms with E-state index >= 15 is 0 Å². The molecule has 2 unspecified atom stereocenters. The molecule has 39 heavy (non-hydrogen) atoms. The number of nitrogens with one attached hydrogen (secondary N) is 2. The molecule has 4 rings (SSSR count). The van der Waals surface area contributed by atoms with Gasteiger partial charge in [-0.25, -0.2) is 0 Å². The van der Waals surface area contributed by atoms with Gasteiger partial charge in [0, 0.05) is 30.4 Å². The molecule has 212 valence electrons. The number of aliphatic hydroxyl groups is 2. The Morgan fingerprint density at radius 3 is 2.44 bits per heavy atom. The molecule has 1 saturated heterocycles. The smallest absolute Gasteiger partial charge is 0.388 e. The lowest BCUT2D eigenvalue weighted by molar-refractivity contribution is -0.137. The fraction of sp³-hybridized carbons (Fsp3) is 0.536. The van der Waals surface area contributed by atoms with Gasteiger partial charge in [-0.3, -0.25) is 14.6 Å². The van der Waals surface area contributed by atoms with Crippen LogP contribution in [-0.2, 0) is 16.6 Å². The van der Waals surface area contributed by atoms with Gasteiger partial charge in [0.15, 0.2) is 0 Å². The highest BCUT2D eigenvalue weighted by Gasteiger charge is 2.44. The molecule has 4 N–H and O–H groups in total. The highest BCUT2D eigenvalue weighted by molar-refractivity contribution is 5.96. The maximum absolute atomic E-state index is 13.1. The quantitative estimate of drug-likeness (QED) is 0.423. The number of amides is 2. The number of halogens is 3. The summed E-state index contributed by atoms with van der Waals surface area (Å²) >= 11 is 0. The van der Waals surface area contributed by atoms with Crippen molar-refractivity contribution in [2.45, 2.75) is 81.5 Å². The minimum Gasteiger partial charge on any atom is -0.388 e. The number of aromatic nitrogens is 1. The molecule has 1 saturated carbocycles. The summed E-state index contributed by atoms with van der Waals surface area (Å²) in [6.45, 7) is 3.15. The van der Waals surface area contributed by atoms with Crippen molar-refractivity contribution in [2.75, 3.05) is 13.1 Å². The topological polar surface area (TPSA) is 115 Å². The third kappa shape index (κ3) is 6.95. The van der Waals surface area contributed by atoms with Crippen molar-refractivity contribution in [2.24, 2.45) is 0 Å². The van der Waals surface area contributed by atoms with Crippen molar-refractivity contribution < 1.29 is 33.0 Å². The summed E-state index contributed by atoms with van der Waals surface area (Å²) in [4.78, 5) is 31.4. The Balaban J connectivity index is 1.34. The number of benzene rings is 1. The normalized spacial score (nSPS) is 25.9. The average Bonchev–Trinajstić information content (AvgIpc) is 3.33. The minimum atomic E-state index is -4.58. The number of hydrogen-bond donors (Lipinski definition) is 4. The van der Waals surface area contributed by atoms with Crippen molar-refractivity contribution in [3.05, 3.63) is 65.5 Å². The van der Waals surface area contributed by atoms with Gasteiger partial charge in [0.2, 0.25) is 5.91 Å². The van der Waals surface area contributed by atoms with E-state index in [1.165, 1.54) is 11.0 Å². The Bertz CT molecular complexity index is 1160. The standard InChI is InChI=1S/C28H35F3N4O4/c1-26(2,38)23-15-21(34-20-9-11-27(39,12-10-20)22-8-3-4-13-32-22)17-35(23)24(36)16-33-25(37)18-6-5-7-19(14-18)28(29,30)31/h3-8,13-14,20-21,23,34,38-39H,9-12,15-17H2,1-2H3,(H,33,37). The van der Waals surface area contributed by atoms with Gasteiger partial charge in [0.05, 0.1) is 29.4 Å². The van der Waals surface area contributed by atoms with Crippen LogP contribution >= 0.6 is 0 Å². The van der Waals surface area contributed by atoms with E-state index in [2.05, 4.69) is 15.6 Å². The Morgan fingerprint density at radius 1 is 1.10 bits per heavy atom. The van der Waals surface area contributed by atoms with E-state index in [4.69, 9.17) is 0 Å². The van der Waals surface area contributed by atoms with Crippen LogP contribution in [-0.4, -0.2) is 68.7 Å². The first kappa shape index (κ1) is 29.0. The number of carbonyl (C=O) groups excluding carboxylic acids is 2. The number of rotatable bonds is 7. The van der Waals surface area contributed by atoms with Gasteiger partial charge in [-0.2, -0.15) is 13.2 Å². The predicted molar refractivity (Wildman–Crippen MR) is 138 cm³/mol. The molecule has 0 bridgehead atoms. The lowest BCUT2D eigenvalue weighted by Gasteiger charge is -2.37. The second kappa shape index (κ2) is 11.2. The minimum absolute atomic E-state index is 0.101. The zero-order valence-electron chi connectivity index (χ0n) is 22.0. The lowest BCUT2D eigenvalue weighted by Crippen LogP contribution is -2.51.